The van der Waals surface area contributed by atoms with E-state index >= 15 is 0 Å². The van der Waals surface area contributed by atoms with Gasteiger partial charge < -0.3 is 19.9 Å². The van der Waals surface area contributed by atoms with Gasteiger partial charge in [-0.25, -0.2) is 0 Å². The van der Waals surface area contributed by atoms with Crippen molar-refractivity contribution in [3.8, 4) is 5.75 Å². The van der Waals surface area contributed by atoms with Gasteiger partial charge in [0.25, 0.3) is 5.91 Å². The molecule has 1 aliphatic heterocycles. The highest BCUT2D eigenvalue weighted by Crippen LogP contribution is 2.34. The molecule has 0 bridgehead atoms. The number of amides is 1. The number of ether oxygens (including phenoxy) is 1. The molecule has 1 saturated heterocycles. The second kappa shape index (κ2) is 9.44. The average molecular weight is 437 g/mol. The Morgan fingerprint density at radius 2 is 1.70 bits per heavy atom. The molecule has 0 radical (unpaired) electrons. The molecule has 9 heteroatoms. The van der Waals surface area contributed by atoms with Crippen molar-refractivity contribution in [2.24, 2.45) is 0 Å². The summed E-state index contributed by atoms with van der Waals surface area (Å²) in [4.78, 5) is 17.2. The predicted molar refractivity (Wildman–Crippen MR) is 113 cm³/mol. The average Bonchev–Trinajstić information content (AvgIpc) is 2.72. The molecule has 2 aromatic rings. The van der Waals surface area contributed by atoms with E-state index in [2.05, 4.69) is 22.2 Å². The number of carbonyl (C=O) groups is 1. The second-order valence-electron chi connectivity index (χ2n) is 7.00. The zero-order valence-electron chi connectivity index (χ0n) is 16.4. The van der Waals surface area contributed by atoms with Crippen molar-refractivity contribution >= 4 is 28.8 Å². The molecule has 2 aromatic carbocycles. The van der Waals surface area contributed by atoms with Crippen LogP contribution in [-0.2, 0) is 11.0 Å². The third-order valence-corrected chi connectivity index (χ3v) is 5.26. The first-order valence-corrected chi connectivity index (χ1v) is 9.81. The minimum absolute atomic E-state index is 0.300. The molecule has 1 aliphatic rings. The van der Waals surface area contributed by atoms with Gasteiger partial charge in [-0.3, -0.25) is 4.79 Å². The maximum atomic E-state index is 13.0. The monoisotopic (exact) mass is 437 g/mol. The number of likely N-dealkylation sites (N-methyl/N-ethyl adjacent to an activating group) is 1. The molecule has 1 amide bonds. The SMILES string of the molecule is CN1CCN(C(=S)c2ccc(OCC(=O)Nc3ccccc3C(F)(F)F)cc2)CC1. The Balaban J connectivity index is 1.54. The minimum Gasteiger partial charge on any atom is -0.484 e. The van der Waals surface area contributed by atoms with Gasteiger partial charge in [-0.15, -0.1) is 0 Å². The molecule has 160 valence electrons. The number of rotatable bonds is 5. The highest BCUT2D eigenvalue weighted by atomic mass is 32.1. The van der Waals surface area contributed by atoms with Crippen LogP contribution < -0.4 is 10.1 Å². The summed E-state index contributed by atoms with van der Waals surface area (Å²) in [5, 5.41) is 2.25. The Kier molecular flexibility index (Phi) is 6.94. The van der Waals surface area contributed by atoms with E-state index in [4.69, 9.17) is 17.0 Å². The number of carbonyl (C=O) groups excluding carboxylic acids is 1. The zero-order chi connectivity index (χ0) is 21.7. The van der Waals surface area contributed by atoms with Gasteiger partial charge in [0.1, 0.15) is 10.7 Å². The molecule has 3 rings (SSSR count). The van der Waals surface area contributed by atoms with Gasteiger partial charge >= 0.3 is 6.18 Å². The number of hydrogen-bond donors (Lipinski definition) is 1. The van der Waals surface area contributed by atoms with Crippen molar-refractivity contribution < 1.29 is 22.7 Å². The van der Waals surface area contributed by atoms with Crippen molar-refractivity contribution in [3.05, 3.63) is 59.7 Å². The summed E-state index contributed by atoms with van der Waals surface area (Å²) in [6.07, 6.45) is -4.55. The summed E-state index contributed by atoms with van der Waals surface area (Å²) in [7, 11) is 2.07. The summed E-state index contributed by atoms with van der Waals surface area (Å²) in [6, 6.07) is 11.8. The van der Waals surface area contributed by atoms with Crippen LogP contribution in [0.3, 0.4) is 0 Å². The lowest BCUT2D eigenvalue weighted by atomic mass is 10.1. The number of nitrogens with one attached hydrogen (secondary N) is 1. The molecule has 0 aromatic heterocycles. The van der Waals surface area contributed by atoms with E-state index in [0.717, 1.165) is 42.8 Å². The molecule has 30 heavy (non-hydrogen) atoms. The molecule has 0 atom stereocenters. The molecule has 5 nitrogen and oxygen atoms in total. The third kappa shape index (κ3) is 5.70. The highest BCUT2D eigenvalue weighted by molar-refractivity contribution is 7.80. The van der Waals surface area contributed by atoms with Crippen molar-refractivity contribution in [2.75, 3.05) is 45.2 Å². The van der Waals surface area contributed by atoms with Gasteiger partial charge in [-0.2, -0.15) is 13.2 Å². The summed E-state index contributed by atoms with van der Waals surface area (Å²) >= 11 is 5.55. The first-order chi connectivity index (χ1) is 14.2. The Morgan fingerprint density at radius 3 is 2.33 bits per heavy atom. The summed E-state index contributed by atoms with van der Waals surface area (Å²) in [6.45, 7) is 3.23. The molecule has 1 N–H and O–H groups in total. The Hall–Kier alpha value is -2.65. The standard InChI is InChI=1S/C21H22F3N3O2S/c1-26-10-12-27(13-11-26)20(30)15-6-8-16(9-7-15)29-14-19(28)25-18-5-3-2-4-17(18)21(22,23)24/h2-9H,10-14H2,1H3,(H,25,28). The smallest absolute Gasteiger partial charge is 0.418 e. The molecule has 0 unspecified atom stereocenters. The molecule has 0 spiro atoms. The normalized spacial score (nSPS) is 15.0. The van der Waals surface area contributed by atoms with Crippen LogP contribution in [0.1, 0.15) is 11.1 Å². The quantitative estimate of drug-likeness (QED) is 0.724. The van der Waals surface area contributed by atoms with Crippen LogP contribution in [0.15, 0.2) is 48.5 Å². The highest BCUT2D eigenvalue weighted by Gasteiger charge is 2.33. The van der Waals surface area contributed by atoms with Crippen LogP contribution in [0.25, 0.3) is 0 Å². The van der Waals surface area contributed by atoms with E-state index in [0.29, 0.717) is 5.75 Å². The first kappa shape index (κ1) is 22.0. The predicted octanol–water partition coefficient (Wildman–Crippen LogP) is 3.65. The van der Waals surface area contributed by atoms with Crippen LogP contribution in [0.5, 0.6) is 5.75 Å². The number of alkyl halides is 3. The van der Waals surface area contributed by atoms with E-state index in [1.807, 2.05) is 12.1 Å². The first-order valence-electron chi connectivity index (χ1n) is 9.41. The summed E-state index contributed by atoms with van der Waals surface area (Å²) in [5.41, 5.74) is -0.322. The van der Waals surface area contributed by atoms with E-state index in [1.54, 1.807) is 12.1 Å². The van der Waals surface area contributed by atoms with E-state index in [9.17, 15) is 18.0 Å². The van der Waals surface area contributed by atoms with E-state index < -0.39 is 24.3 Å². The maximum absolute atomic E-state index is 13.0. The molecule has 1 fully saturated rings. The van der Waals surface area contributed by atoms with Crippen LogP contribution in [-0.4, -0.2) is 60.5 Å². The number of thiocarbonyl (C=S) groups is 1. The largest absolute Gasteiger partial charge is 0.484 e. The van der Waals surface area contributed by atoms with Gasteiger partial charge in [0.05, 0.1) is 11.3 Å². The van der Waals surface area contributed by atoms with Crippen LogP contribution in [0, 0.1) is 0 Å². The van der Waals surface area contributed by atoms with E-state index in [1.165, 1.54) is 18.2 Å². The fraction of sp³-hybridized carbons (Fsp3) is 0.333. The number of nitrogens with zero attached hydrogens (tertiary/aromatic N) is 2. The number of piperazine rings is 1. The topological polar surface area (TPSA) is 44.8 Å². The van der Waals surface area contributed by atoms with E-state index in [-0.39, 0.29) is 5.69 Å². The number of hydrogen-bond acceptors (Lipinski definition) is 4. The van der Waals surface area contributed by atoms with Gasteiger partial charge in [0.15, 0.2) is 6.61 Å². The van der Waals surface area contributed by atoms with Crippen molar-refractivity contribution in [1.82, 2.24) is 9.80 Å². The molecular weight excluding hydrogens is 415 g/mol. The Labute approximate surface area is 178 Å². The van der Waals surface area contributed by atoms with Crippen molar-refractivity contribution in [3.63, 3.8) is 0 Å². The summed E-state index contributed by atoms with van der Waals surface area (Å²) < 4.78 is 44.4. The molecule has 0 saturated carbocycles. The van der Waals surface area contributed by atoms with Crippen molar-refractivity contribution in [1.29, 1.82) is 0 Å². The number of para-hydroxylation sites is 1. The third-order valence-electron chi connectivity index (χ3n) is 4.77. The number of halogens is 3. The summed E-state index contributed by atoms with van der Waals surface area (Å²) in [5.74, 6) is -0.247. The number of anilines is 1. The van der Waals surface area contributed by atoms with Gasteiger partial charge in [-0.1, -0.05) is 24.4 Å². The van der Waals surface area contributed by atoms with Crippen molar-refractivity contribution in [2.45, 2.75) is 6.18 Å². The second-order valence-corrected chi connectivity index (χ2v) is 7.39. The number of benzene rings is 2. The lowest BCUT2D eigenvalue weighted by Crippen LogP contribution is -2.46. The fourth-order valence-corrected chi connectivity index (χ4v) is 3.38. The molecule has 1 heterocycles. The molecular formula is C21H22F3N3O2S. The lowest BCUT2D eigenvalue weighted by Gasteiger charge is -2.34. The Bertz CT molecular complexity index is 895. The zero-order valence-corrected chi connectivity index (χ0v) is 17.2. The van der Waals surface area contributed by atoms with Gasteiger partial charge in [0.2, 0.25) is 0 Å². The molecule has 0 aliphatic carbocycles. The maximum Gasteiger partial charge on any atom is 0.418 e. The van der Waals surface area contributed by atoms with Crippen LogP contribution >= 0.6 is 12.2 Å². The minimum atomic E-state index is -4.55. The van der Waals surface area contributed by atoms with Gasteiger partial charge in [-0.05, 0) is 43.4 Å². The van der Waals surface area contributed by atoms with Crippen LogP contribution in [0.4, 0.5) is 18.9 Å². The van der Waals surface area contributed by atoms with Crippen LogP contribution in [0.2, 0.25) is 0 Å². The lowest BCUT2D eigenvalue weighted by molar-refractivity contribution is -0.137. The fourth-order valence-electron chi connectivity index (χ4n) is 3.06. The Morgan fingerprint density at radius 1 is 1.07 bits per heavy atom. The van der Waals surface area contributed by atoms with Gasteiger partial charge in [0, 0.05) is 31.7 Å².